The van der Waals surface area contributed by atoms with Crippen molar-refractivity contribution in [2.45, 2.75) is 19.8 Å². The zero-order valence-corrected chi connectivity index (χ0v) is 14.2. The highest BCUT2D eigenvalue weighted by molar-refractivity contribution is 5.91. The van der Waals surface area contributed by atoms with E-state index in [9.17, 15) is 9.59 Å². The van der Waals surface area contributed by atoms with E-state index in [4.69, 9.17) is 9.15 Å². The summed E-state index contributed by atoms with van der Waals surface area (Å²) in [4.78, 5) is 23.6. The van der Waals surface area contributed by atoms with Crippen molar-refractivity contribution in [2.24, 2.45) is 7.05 Å². The third kappa shape index (κ3) is 3.91. The van der Waals surface area contributed by atoms with E-state index in [2.05, 4.69) is 5.32 Å². The fraction of sp³-hybridized carbons (Fsp3) is 0.263. The number of carbonyl (C=O) groups is 1. The number of anilines is 1. The molecular weight excluding hydrogens is 320 g/mol. The fourth-order valence-corrected chi connectivity index (χ4v) is 2.61. The summed E-state index contributed by atoms with van der Waals surface area (Å²) < 4.78 is 11.9. The normalized spacial score (nSPS) is 10.8. The van der Waals surface area contributed by atoms with Crippen molar-refractivity contribution < 1.29 is 13.9 Å². The maximum Gasteiger partial charge on any atom is 0.419 e. The van der Waals surface area contributed by atoms with Gasteiger partial charge in [-0.25, -0.2) is 4.79 Å². The van der Waals surface area contributed by atoms with Crippen LogP contribution >= 0.6 is 0 Å². The molecular formula is C19H20N2O4. The summed E-state index contributed by atoms with van der Waals surface area (Å²) >= 11 is 0. The molecule has 0 fully saturated rings. The first-order chi connectivity index (χ1) is 12.1. The van der Waals surface area contributed by atoms with Crippen LogP contribution in [-0.2, 0) is 18.3 Å². The molecule has 0 aliphatic carbocycles. The molecule has 0 radical (unpaired) electrons. The SMILES string of the molecule is CCOc1ccc(NC(=O)CCc2ccc3oc(=O)n(C)c3c2)cc1. The van der Waals surface area contributed by atoms with Crippen molar-refractivity contribution in [3.63, 3.8) is 0 Å². The Morgan fingerprint density at radius 2 is 1.96 bits per heavy atom. The Labute approximate surface area is 145 Å². The van der Waals surface area contributed by atoms with Crippen LogP contribution in [0.15, 0.2) is 51.7 Å². The van der Waals surface area contributed by atoms with Crippen LogP contribution in [0.3, 0.4) is 0 Å². The van der Waals surface area contributed by atoms with E-state index < -0.39 is 0 Å². The van der Waals surface area contributed by atoms with Crippen molar-refractivity contribution >= 4 is 22.7 Å². The topological polar surface area (TPSA) is 73.5 Å². The van der Waals surface area contributed by atoms with Gasteiger partial charge in [0.25, 0.3) is 0 Å². The lowest BCUT2D eigenvalue weighted by Crippen LogP contribution is -2.12. The predicted octanol–water partition coefficient (Wildman–Crippen LogP) is 3.10. The number of aromatic nitrogens is 1. The van der Waals surface area contributed by atoms with Crippen molar-refractivity contribution in [2.75, 3.05) is 11.9 Å². The molecule has 6 heteroatoms. The maximum absolute atomic E-state index is 12.1. The van der Waals surface area contributed by atoms with Crippen LogP contribution in [0.4, 0.5) is 5.69 Å². The minimum Gasteiger partial charge on any atom is -0.494 e. The van der Waals surface area contributed by atoms with Gasteiger partial charge < -0.3 is 14.5 Å². The minimum atomic E-state index is -0.389. The number of benzene rings is 2. The quantitative estimate of drug-likeness (QED) is 0.748. The average molecular weight is 340 g/mol. The standard InChI is InChI=1S/C19H20N2O4/c1-3-24-15-8-6-14(7-9-15)20-18(22)11-5-13-4-10-17-16(12-13)21(2)19(23)25-17/h4,6-10,12H,3,5,11H2,1-2H3,(H,20,22). The van der Waals surface area contributed by atoms with E-state index in [0.29, 0.717) is 25.0 Å². The highest BCUT2D eigenvalue weighted by Crippen LogP contribution is 2.17. The Hall–Kier alpha value is -3.02. The van der Waals surface area contributed by atoms with Gasteiger partial charge in [-0.05, 0) is 55.3 Å². The zero-order chi connectivity index (χ0) is 17.8. The van der Waals surface area contributed by atoms with E-state index in [1.165, 1.54) is 4.57 Å². The molecule has 0 spiro atoms. The largest absolute Gasteiger partial charge is 0.494 e. The van der Waals surface area contributed by atoms with Crippen LogP contribution in [-0.4, -0.2) is 17.1 Å². The summed E-state index contributed by atoms with van der Waals surface area (Å²) in [5.74, 6) is 0.324. The maximum atomic E-state index is 12.1. The number of fused-ring (bicyclic) bond motifs is 1. The molecule has 0 bridgehead atoms. The second-order valence-corrected chi connectivity index (χ2v) is 5.73. The molecule has 1 heterocycles. The number of nitrogens with one attached hydrogen (secondary N) is 1. The van der Waals surface area contributed by atoms with E-state index >= 15 is 0 Å². The second-order valence-electron chi connectivity index (χ2n) is 5.73. The summed E-state index contributed by atoms with van der Waals surface area (Å²) in [6, 6.07) is 12.8. The summed E-state index contributed by atoms with van der Waals surface area (Å²) in [6.07, 6.45) is 0.933. The molecule has 1 amide bonds. The van der Waals surface area contributed by atoms with E-state index in [0.717, 1.165) is 22.5 Å². The van der Waals surface area contributed by atoms with Gasteiger partial charge in [-0.15, -0.1) is 0 Å². The van der Waals surface area contributed by atoms with Crippen LogP contribution < -0.4 is 15.8 Å². The molecule has 0 atom stereocenters. The number of ether oxygens (including phenoxy) is 1. The van der Waals surface area contributed by atoms with Gasteiger partial charge in [0.15, 0.2) is 5.58 Å². The lowest BCUT2D eigenvalue weighted by Gasteiger charge is -2.07. The first kappa shape index (κ1) is 16.8. The molecule has 3 aromatic rings. The third-order valence-electron chi connectivity index (χ3n) is 3.95. The second kappa shape index (κ2) is 7.25. The van der Waals surface area contributed by atoms with Crippen LogP contribution in [0.1, 0.15) is 18.9 Å². The van der Waals surface area contributed by atoms with Crippen molar-refractivity contribution in [3.8, 4) is 5.75 Å². The summed E-state index contributed by atoms with van der Waals surface area (Å²) in [5, 5.41) is 2.87. The van der Waals surface area contributed by atoms with Crippen LogP contribution in [0, 0.1) is 0 Å². The Bertz CT molecular complexity index is 938. The van der Waals surface area contributed by atoms with Crippen LogP contribution in [0.25, 0.3) is 11.1 Å². The van der Waals surface area contributed by atoms with Crippen LogP contribution in [0.2, 0.25) is 0 Å². The predicted molar refractivity (Wildman–Crippen MR) is 96.0 cm³/mol. The molecule has 0 aliphatic heterocycles. The van der Waals surface area contributed by atoms with E-state index in [-0.39, 0.29) is 11.7 Å². The van der Waals surface area contributed by atoms with Crippen LogP contribution in [0.5, 0.6) is 5.75 Å². The van der Waals surface area contributed by atoms with E-state index in [1.54, 1.807) is 13.1 Å². The summed E-state index contributed by atoms with van der Waals surface area (Å²) in [7, 11) is 1.66. The lowest BCUT2D eigenvalue weighted by molar-refractivity contribution is -0.116. The summed E-state index contributed by atoms with van der Waals surface area (Å²) in [5.41, 5.74) is 3.00. The van der Waals surface area contributed by atoms with Gasteiger partial charge in [0, 0.05) is 19.2 Å². The molecule has 0 aliphatic rings. The number of oxazole rings is 1. The summed E-state index contributed by atoms with van der Waals surface area (Å²) in [6.45, 7) is 2.53. The first-order valence-electron chi connectivity index (χ1n) is 8.18. The van der Waals surface area contributed by atoms with Gasteiger partial charge in [0.1, 0.15) is 5.75 Å². The Balaban J connectivity index is 1.60. The Kier molecular flexibility index (Phi) is 4.88. The smallest absolute Gasteiger partial charge is 0.419 e. The van der Waals surface area contributed by atoms with Gasteiger partial charge in [0.05, 0.1) is 12.1 Å². The van der Waals surface area contributed by atoms with Gasteiger partial charge >= 0.3 is 5.76 Å². The number of rotatable bonds is 6. The Morgan fingerprint density at radius 1 is 1.20 bits per heavy atom. The number of nitrogens with zero attached hydrogens (tertiary/aromatic N) is 1. The molecule has 0 saturated heterocycles. The number of hydrogen-bond donors (Lipinski definition) is 1. The van der Waals surface area contributed by atoms with Crippen molar-refractivity contribution in [3.05, 3.63) is 58.6 Å². The molecule has 3 rings (SSSR count). The first-order valence-corrected chi connectivity index (χ1v) is 8.18. The molecule has 6 nitrogen and oxygen atoms in total. The molecule has 130 valence electrons. The molecule has 2 aromatic carbocycles. The molecule has 25 heavy (non-hydrogen) atoms. The van der Waals surface area contributed by atoms with Crippen molar-refractivity contribution in [1.29, 1.82) is 0 Å². The highest BCUT2D eigenvalue weighted by Gasteiger charge is 2.08. The molecule has 0 saturated carbocycles. The zero-order valence-electron chi connectivity index (χ0n) is 14.2. The van der Waals surface area contributed by atoms with Crippen molar-refractivity contribution in [1.82, 2.24) is 4.57 Å². The molecule has 1 N–H and O–H groups in total. The number of aryl methyl sites for hydroxylation is 2. The molecule has 1 aromatic heterocycles. The average Bonchev–Trinajstić information content (AvgIpc) is 2.89. The fourth-order valence-electron chi connectivity index (χ4n) is 2.61. The van der Waals surface area contributed by atoms with Gasteiger partial charge in [-0.2, -0.15) is 0 Å². The lowest BCUT2D eigenvalue weighted by atomic mass is 10.1. The Morgan fingerprint density at radius 3 is 2.68 bits per heavy atom. The highest BCUT2D eigenvalue weighted by atomic mass is 16.5. The monoisotopic (exact) mass is 340 g/mol. The number of carbonyl (C=O) groups excluding carboxylic acids is 1. The van der Waals surface area contributed by atoms with E-state index in [1.807, 2.05) is 43.3 Å². The van der Waals surface area contributed by atoms with Gasteiger partial charge in [-0.3, -0.25) is 9.36 Å². The number of hydrogen-bond acceptors (Lipinski definition) is 4. The van der Waals surface area contributed by atoms with Gasteiger partial charge in [0.2, 0.25) is 5.91 Å². The number of amides is 1. The minimum absolute atomic E-state index is 0.0645. The molecule has 0 unspecified atom stereocenters. The van der Waals surface area contributed by atoms with Gasteiger partial charge in [-0.1, -0.05) is 6.07 Å². The third-order valence-corrected chi connectivity index (χ3v) is 3.95.